The predicted molar refractivity (Wildman–Crippen MR) is 49.2 cm³/mol. The number of ether oxygens (including phenoxy) is 2. The van der Waals surface area contributed by atoms with Crippen LogP contribution >= 0.6 is 0 Å². The van der Waals surface area contributed by atoms with Gasteiger partial charge in [0.15, 0.2) is 0 Å². The molecular weight excluding hydrogens is 152 g/mol. The van der Waals surface area contributed by atoms with Gasteiger partial charge < -0.3 is 9.47 Å². The zero-order valence-electron chi connectivity index (χ0n) is 8.59. The SMILES string of the molecule is COCC1CCC(C(C)(C)C)O1. The Bertz CT molecular complexity index is 137. The molecule has 0 saturated carbocycles. The molecule has 0 aromatic carbocycles. The Kier molecular flexibility index (Phi) is 3.13. The van der Waals surface area contributed by atoms with Crippen molar-refractivity contribution in [2.75, 3.05) is 13.7 Å². The normalized spacial score (nSPS) is 31.0. The molecule has 2 heteroatoms. The van der Waals surface area contributed by atoms with Gasteiger partial charge in [0.1, 0.15) is 0 Å². The highest BCUT2D eigenvalue weighted by Crippen LogP contribution is 2.33. The Morgan fingerprint density at radius 1 is 1.33 bits per heavy atom. The minimum absolute atomic E-state index is 0.280. The zero-order chi connectivity index (χ0) is 9.19. The van der Waals surface area contributed by atoms with E-state index in [4.69, 9.17) is 9.47 Å². The average molecular weight is 172 g/mol. The molecule has 1 fully saturated rings. The molecule has 0 radical (unpaired) electrons. The topological polar surface area (TPSA) is 18.5 Å². The maximum Gasteiger partial charge on any atom is 0.0813 e. The first-order chi connectivity index (χ1) is 5.54. The third-order valence-corrected chi connectivity index (χ3v) is 2.43. The van der Waals surface area contributed by atoms with Crippen molar-refractivity contribution >= 4 is 0 Å². The van der Waals surface area contributed by atoms with Gasteiger partial charge in [-0.1, -0.05) is 20.8 Å². The minimum Gasteiger partial charge on any atom is -0.382 e. The fourth-order valence-electron chi connectivity index (χ4n) is 1.65. The molecule has 1 aliphatic heterocycles. The van der Waals surface area contributed by atoms with E-state index in [1.165, 1.54) is 6.42 Å². The molecule has 1 heterocycles. The van der Waals surface area contributed by atoms with Crippen LogP contribution in [0.3, 0.4) is 0 Å². The molecular formula is C10H20O2. The predicted octanol–water partition coefficient (Wildman–Crippen LogP) is 2.23. The van der Waals surface area contributed by atoms with Gasteiger partial charge in [0.2, 0.25) is 0 Å². The van der Waals surface area contributed by atoms with Gasteiger partial charge in [0, 0.05) is 7.11 Å². The largest absolute Gasteiger partial charge is 0.382 e. The number of rotatable bonds is 2. The van der Waals surface area contributed by atoms with E-state index in [9.17, 15) is 0 Å². The zero-order valence-corrected chi connectivity index (χ0v) is 8.59. The molecule has 0 spiro atoms. The maximum absolute atomic E-state index is 5.84. The van der Waals surface area contributed by atoms with Crippen LogP contribution in [-0.4, -0.2) is 25.9 Å². The molecule has 1 rings (SSSR count). The first-order valence-electron chi connectivity index (χ1n) is 4.68. The van der Waals surface area contributed by atoms with Crippen molar-refractivity contribution in [1.29, 1.82) is 0 Å². The highest BCUT2D eigenvalue weighted by molar-refractivity contribution is 4.82. The lowest BCUT2D eigenvalue weighted by Gasteiger charge is -2.26. The smallest absolute Gasteiger partial charge is 0.0813 e. The van der Waals surface area contributed by atoms with Crippen molar-refractivity contribution in [3.63, 3.8) is 0 Å². The van der Waals surface area contributed by atoms with Gasteiger partial charge in [-0.05, 0) is 18.3 Å². The molecule has 1 aliphatic rings. The minimum atomic E-state index is 0.280. The van der Waals surface area contributed by atoms with Gasteiger partial charge in [-0.2, -0.15) is 0 Å². The molecule has 0 aromatic rings. The lowest BCUT2D eigenvalue weighted by atomic mass is 9.87. The summed E-state index contributed by atoms with van der Waals surface area (Å²) in [6.45, 7) is 7.43. The lowest BCUT2D eigenvalue weighted by Crippen LogP contribution is -2.27. The van der Waals surface area contributed by atoms with Crippen LogP contribution in [0, 0.1) is 5.41 Å². The average Bonchev–Trinajstić information content (AvgIpc) is 2.35. The summed E-state index contributed by atoms with van der Waals surface area (Å²) in [5.74, 6) is 0. The van der Waals surface area contributed by atoms with Gasteiger partial charge in [0.05, 0.1) is 18.8 Å². The van der Waals surface area contributed by atoms with Gasteiger partial charge in [-0.15, -0.1) is 0 Å². The van der Waals surface area contributed by atoms with E-state index in [1.807, 2.05) is 0 Å². The van der Waals surface area contributed by atoms with Gasteiger partial charge in [-0.25, -0.2) is 0 Å². The Hall–Kier alpha value is -0.0800. The van der Waals surface area contributed by atoms with Crippen molar-refractivity contribution in [2.45, 2.75) is 45.8 Å². The van der Waals surface area contributed by atoms with Crippen LogP contribution < -0.4 is 0 Å². The number of hydrogen-bond acceptors (Lipinski definition) is 2. The summed E-state index contributed by atoms with van der Waals surface area (Å²) in [6, 6.07) is 0. The standard InChI is InChI=1S/C10H20O2/c1-10(2,3)9-6-5-8(12-9)7-11-4/h8-9H,5-7H2,1-4H3. The number of hydrogen-bond donors (Lipinski definition) is 0. The van der Waals surface area contributed by atoms with Crippen LogP contribution in [0.5, 0.6) is 0 Å². The van der Waals surface area contributed by atoms with Crippen LogP contribution in [0.25, 0.3) is 0 Å². The molecule has 2 nitrogen and oxygen atoms in total. The fraction of sp³-hybridized carbons (Fsp3) is 1.00. The van der Waals surface area contributed by atoms with Crippen molar-refractivity contribution < 1.29 is 9.47 Å². The molecule has 0 aliphatic carbocycles. The molecule has 0 aromatic heterocycles. The third-order valence-electron chi connectivity index (χ3n) is 2.43. The highest BCUT2D eigenvalue weighted by atomic mass is 16.5. The van der Waals surface area contributed by atoms with E-state index in [2.05, 4.69) is 20.8 Å². The molecule has 0 N–H and O–H groups in total. The third kappa shape index (κ3) is 2.46. The second-order valence-corrected chi connectivity index (χ2v) is 4.65. The van der Waals surface area contributed by atoms with Gasteiger partial charge in [0.25, 0.3) is 0 Å². The molecule has 0 amide bonds. The van der Waals surface area contributed by atoms with Crippen LogP contribution in [0.15, 0.2) is 0 Å². The Morgan fingerprint density at radius 3 is 2.42 bits per heavy atom. The second-order valence-electron chi connectivity index (χ2n) is 4.65. The summed E-state index contributed by atoms with van der Waals surface area (Å²) >= 11 is 0. The summed E-state index contributed by atoms with van der Waals surface area (Å²) in [5, 5.41) is 0. The Balaban J connectivity index is 2.35. The highest BCUT2D eigenvalue weighted by Gasteiger charge is 2.33. The molecule has 2 atom stereocenters. The molecule has 2 unspecified atom stereocenters. The van der Waals surface area contributed by atoms with Crippen molar-refractivity contribution in [3.8, 4) is 0 Å². The Morgan fingerprint density at radius 2 is 2.00 bits per heavy atom. The van der Waals surface area contributed by atoms with Crippen LogP contribution in [0.2, 0.25) is 0 Å². The van der Waals surface area contributed by atoms with E-state index >= 15 is 0 Å². The quantitative estimate of drug-likeness (QED) is 0.636. The van der Waals surface area contributed by atoms with E-state index in [0.717, 1.165) is 13.0 Å². The van der Waals surface area contributed by atoms with Gasteiger partial charge >= 0.3 is 0 Å². The van der Waals surface area contributed by atoms with E-state index in [0.29, 0.717) is 12.2 Å². The summed E-state index contributed by atoms with van der Waals surface area (Å²) in [6.07, 6.45) is 3.07. The van der Waals surface area contributed by atoms with E-state index < -0.39 is 0 Å². The second kappa shape index (κ2) is 3.75. The monoisotopic (exact) mass is 172 g/mol. The fourth-order valence-corrected chi connectivity index (χ4v) is 1.65. The van der Waals surface area contributed by atoms with Gasteiger partial charge in [-0.3, -0.25) is 0 Å². The van der Waals surface area contributed by atoms with E-state index in [-0.39, 0.29) is 5.41 Å². The first kappa shape index (κ1) is 10.0. The van der Waals surface area contributed by atoms with E-state index in [1.54, 1.807) is 7.11 Å². The van der Waals surface area contributed by atoms with Crippen LogP contribution in [0.1, 0.15) is 33.6 Å². The molecule has 0 bridgehead atoms. The lowest BCUT2D eigenvalue weighted by molar-refractivity contribution is -0.0427. The van der Waals surface area contributed by atoms with Crippen molar-refractivity contribution in [1.82, 2.24) is 0 Å². The molecule has 1 saturated heterocycles. The Labute approximate surface area is 75.2 Å². The van der Waals surface area contributed by atoms with Crippen molar-refractivity contribution in [2.24, 2.45) is 5.41 Å². The van der Waals surface area contributed by atoms with Crippen LogP contribution in [0.4, 0.5) is 0 Å². The first-order valence-corrected chi connectivity index (χ1v) is 4.68. The summed E-state index contributed by atoms with van der Waals surface area (Å²) in [5.41, 5.74) is 0.280. The summed E-state index contributed by atoms with van der Waals surface area (Å²) in [7, 11) is 1.73. The molecule has 12 heavy (non-hydrogen) atoms. The number of methoxy groups -OCH3 is 1. The summed E-state index contributed by atoms with van der Waals surface area (Å²) < 4.78 is 10.9. The maximum atomic E-state index is 5.84. The summed E-state index contributed by atoms with van der Waals surface area (Å²) in [4.78, 5) is 0. The molecule has 72 valence electrons. The van der Waals surface area contributed by atoms with Crippen LogP contribution in [-0.2, 0) is 9.47 Å². The van der Waals surface area contributed by atoms with Crippen molar-refractivity contribution in [3.05, 3.63) is 0 Å².